The van der Waals surface area contributed by atoms with Gasteiger partial charge in [-0.05, 0) is 35.8 Å². The lowest BCUT2D eigenvalue weighted by atomic mass is 10.2. The van der Waals surface area contributed by atoms with E-state index in [-0.39, 0.29) is 0 Å². The molecule has 0 saturated heterocycles. The molecule has 0 aliphatic carbocycles. The summed E-state index contributed by atoms with van der Waals surface area (Å²) >= 11 is 3.41. The van der Waals surface area contributed by atoms with Crippen molar-refractivity contribution in [1.29, 1.82) is 0 Å². The molecule has 1 aromatic heterocycles. The summed E-state index contributed by atoms with van der Waals surface area (Å²) in [6.07, 6.45) is 1.80. The average Bonchev–Trinajstić information content (AvgIpc) is 2.30. The Morgan fingerprint density at radius 1 is 1.53 bits per heavy atom. The van der Waals surface area contributed by atoms with Crippen LogP contribution in [0.3, 0.4) is 0 Å². The van der Waals surface area contributed by atoms with E-state index in [4.69, 9.17) is 10.5 Å². The van der Waals surface area contributed by atoms with E-state index in [9.17, 15) is 0 Å². The Morgan fingerprint density at radius 3 is 2.76 bits per heavy atom. The summed E-state index contributed by atoms with van der Waals surface area (Å²) in [6, 6.07) is 2.38. The van der Waals surface area contributed by atoms with E-state index < -0.39 is 0 Å². The lowest BCUT2D eigenvalue weighted by Crippen LogP contribution is -2.35. The molecule has 17 heavy (non-hydrogen) atoms. The highest BCUT2D eigenvalue weighted by molar-refractivity contribution is 9.10. The van der Waals surface area contributed by atoms with Gasteiger partial charge in [0.2, 0.25) is 0 Å². The molecule has 0 bridgehead atoms. The van der Waals surface area contributed by atoms with Crippen LogP contribution in [0.5, 0.6) is 0 Å². The maximum absolute atomic E-state index is 5.77. The van der Waals surface area contributed by atoms with Crippen LogP contribution in [0.25, 0.3) is 0 Å². The Bertz CT molecular complexity index is 358. The molecule has 1 heterocycles. The van der Waals surface area contributed by atoms with Crippen LogP contribution >= 0.6 is 15.9 Å². The summed E-state index contributed by atoms with van der Waals surface area (Å²) in [5.74, 6) is 0.947. The zero-order chi connectivity index (χ0) is 12.8. The van der Waals surface area contributed by atoms with E-state index in [0.717, 1.165) is 22.4 Å². The van der Waals surface area contributed by atoms with Crippen molar-refractivity contribution in [1.82, 2.24) is 4.98 Å². The van der Waals surface area contributed by atoms with Crippen molar-refractivity contribution in [2.45, 2.75) is 26.4 Å². The molecule has 96 valence electrons. The zero-order valence-electron chi connectivity index (χ0n) is 10.6. The van der Waals surface area contributed by atoms with Gasteiger partial charge in [-0.2, -0.15) is 0 Å². The highest BCUT2D eigenvalue weighted by atomic mass is 79.9. The van der Waals surface area contributed by atoms with Crippen LogP contribution in [0.4, 0.5) is 5.82 Å². The maximum atomic E-state index is 5.77. The van der Waals surface area contributed by atoms with E-state index in [1.54, 1.807) is 13.3 Å². The van der Waals surface area contributed by atoms with E-state index in [1.165, 1.54) is 0 Å². The molecule has 5 heteroatoms. The lowest BCUT2D eigenvalue weighted by Gasteiger charge is -2.29. The van der Waals surface area contributed by atoms with E-state index in [1.807, 2.05) is 6.07 Å². The molecule has 0 atom stereocenters. The van der Waals surface area contributed by atoms with Gasteiger partial charge in [-0.3, -0.25) is 0 Å². The molecule has 4 nitrogen and oxygen atoms in total. The fourth-order valence-electron chi connectivity index (χ4n) is 1.68. The van der Waals surface area contributed by atoms with Crippen molar-refractivity contribution in [2.24, 2.45) is 5.73 Å². The number of ether oxygens (including phenoxy) is 1. The monoisotopic (exact) mass is 301 g/mol. The van der Waals surface area contributed by atoms with Crippen LogP contribution < -0.4 is 10.6 Å². The number of pyridine rings is 1. The zero-order valence-corrected chi connectivity index (χ0v) is 12.2. The topological polar surface area (TPSA) is 51.4 Å². The second-order valence-corrected chi connectivity index (χ2v) is 5.04. The first-order valence-electron chi connectivity index (χ1n) is 5.70. The fourth-order valence-corrected chi connectivity index (χ4v) is 2.06. The molecule has 0 saturated carbocycles. The minimum atomic E-state index is 0.365. The van der Waals surface area contributed by atoms with Gasteiger partial charge >= 0.3 is 0 Å². The molecular weight excluding hydrogens is 282 g/mol. The quantitative estimate of drug-likeness (QED) is 0.875. The minimum Gasteiger partial charge on any atom is -0.383 e. The van der Waals surface area contributed by atoms with Crippen molar-refractivity contribution >= 4 is 21.7 Å². The third kappa shape index (κ3) is 3.94. The predicted octanol–water partition coefficient (Wildman–Crippen LogP) is 2.16. The molecule has 1 rings (SSSR count). The van der Waals surface area contributed by atoms with E-state index in [0.29, 0.717) is 19.2 Å². The molecule has 2 N–H and O–H groups in total. The number of hydrogen-bond donors (Lipinski definition) is 1. The van der Waals surface area contributed by atoms with E-state index >= 15 is 0 Å². The Balaban J connectivity index is 3.00. The molecule has 1 aromatic rings. The van der Waals surface area contributed by atoms with Gasteiger partial charge in [0, 0.05) is 42.5 Å². The molecular formula is C12H20BrN3O. The SMILES string of the molecule is COCCN(c1ncc(Br)cc1CN)C(C)C. The standard InChI is InChI=1S/C12H20BrN3O/c1-9(2)16(4-5-17-3)12-10(7-14)6-11(13)8-15-12/h6,8-9H,4-5,7,14H2,1-3H3. The first kappa shape index (κ1) is 14.4. The van der Waals surface area contributed by atoms with Crippen LogP contribution in [0.2, 0.25) is 0 Å². The van der Waals surface area contributed by atoms with E-state index in [2.05, 4.69) is 39.7 Å². The van der Waals surface area contributed by atoms with Gasteiger partial charge < -0.3 is 15.4 Å². The van der Waals surface area contributed by atoms with Gasteiger partial charge in [0.05, 0.1) is 6.61 Å². The van der Waals surface area contributed by atoms with Gasteiger partial charge in [0.15, 0.2) is 0 Å². The minimum absolute atomic E-state index is 0.365. The van der Waals surface area contributed by atoms with Crippen LogP contribution in [-0.2, 0) is 11.3 Å². The number of nitrogens with zero attached hydrogens (tertiary/aromatic N) is 2. The van der Waals surface area contributed by atoms with Crippen LogP contribution in [0.1, 0.15) is 19.4 Å². The molecule has 0 radical (unpaired) electrons. The fraction of sp³-hybridized carbons (Fsp3) is 0.583. The van der Waals surface area contributed by atoms with Gasteiger partial charge in [-0.1, -0.05) is 0 Å². The van der Waals surface area contributed by atoms with Crippen molar-refractivity contribution in [2.75, 3.05) is 25.2 Å². The number of hydrogen-bond acceptors (Lipinski definition) is 4. The highest BCUT2D eigenvalue weighted by Gasteiger charge is 2.15. The maximum Gasteiger partial charge on any atom is 0.133 e. The van der Waals surface area contributed by atoms with Gasteiger partial charge in [-0.15, -0.1) is 0 Å². The molecule has 0 aromatic carbocycles. The Labute approximate surface area is 111 Å². The number of rotatable bonds is 6. The summed E-state index contributed by atoms with van der Waals surface area (Å²) in [5.41, 5.74) is 6.81. The third-order valence-corrected chi connectivity index (χ3v) is 2.99. The summed E-state index contributed by atoms with van der Waals surface area (Å²) in [7, 11) is 1.71. The average molecular weight is 302 g/mol. The molecule has 0 unspecified atom stereocenters. The largest absolute Gasteiger partial charge is 0.383 e. The summed E-state index contributed by atoms with van der Waals surface area (Å²) in [6.45, 7) is 6.26. The smallest absolute Gasteiger partial charge is 0.133 e. The first-order valence-corrected chi connectivity index (χ1v) is 6.49. The Morgan fingerprint density at radius 2 is 2.24 bits per heavy atom. The molecule has 0 spiro atoms. The molecule has 0 fully saturated rings. The van der Waals surface area contributed by atoms with Crippen molar-refractivity contribution < 1.29 is 4.74 Å². The van der Waals surface area contributed by atoms with Gasteiger partial charge in [-0.25, -0.2) is 4.98 Å². The number of nitrogens with two attached hydrogens (primary N) is 1. The highest BCUT2D eigenvalue weighted by Crippen LogP contribution is 2.22. The number of methoxy groups -OCH3 is 1. The molecule has 0 aliphatic rings. The number of halogens is 1. The number of anilines is 1. The van der Waals surface area contributed by atoms with Crippen LogP contribution in [0, 0.1) is 0 Å². The van der Waals surface area contributed by atoms with Crippen molar-refractivity contribution in [3.8, 4) is 0 Å². The molecule has 0 amide bonds. The van der Waals surface area contributed by atoms with Crippen molar-refractivity contribution in [3.63, 3.8) is 0 Å². The second kappa shape index (κ2) is 6.93. The molecule has 0 aliphatic heterocycles. The van der Waals surface area contributed by atoms with Gasteiger partial charge in [0.25, 0.3) is 0 Å². The third-order valence-electron chi connectivity index (χ3n) is 2.56. The van der Waals surface area contributed by atoms with Crippen molar-refractivity contribution in [3.05, 3.63) is 22.3 Å². The summed E-state index contributed by atoms with van der Waals surface area (Å²) < 4.78 is 6.09. The van der Waals surface area contributed by atoms with Crippen LogP contribution in [-0.4, -0.2) is 31.3 Å². The summed E-state index contributed by atoms with van der Waals surface area (Å²) in [5, 5.41) is 0. The normalized spacial score (nSPS) is 10.9. The predicted molar refractivity (Wildman–Crippen MR) is 74.2 cm³/mol. The van der Waals surface area contributed by atoms with Gasteiger partial charge in [0.1, 0.15) is 5.82 Å². The summed E-state index contributed by atoms with van der Waals surface area (Å²) in [4.78, 5) is 6.67. The Hall–Kier alpha value is -0.650. The number of aromatic nitrogens is 1. The first-order chi connectivity index (χ1) is 8.10. The second-order valence-electron chi connectivity index (χ2n) is 4.12. The van der Waals surface area contributed by atoms with Crippen LogP contribution in [0.15, 0.2) is 16.7 Å². The lowest BCUT2D eigenvalue weighted by molar-refractivity contribution is 0.203. The Kier molecular flexibility index (Phi) is 5.88.